The van der Waals surface area contributed by atoms with Crippen LogP contribution in [0.15, 0.2) is 30.3 Å². The summed E-state index contributed by atoms with van der Waals surface area (Å²) >= 11 is 0. The average molecular weight is 557 g/mol. The number of unbranched alkanes of at least 4 members (excludes halogenated alkanes) is 1. The van der Waals surface area contributed by atoms with Crippen LogP contribution in [0.3, 0.4) is 0 Å². The molecule has 0 radical (unpaired) electrons. The highest BCUT2D eigenvalue weighted by molar-refractivity contribution is 6.38. The third-order valence-corrected chi connectivity index (χ3v) is 8.16. The third-order valence-electron chi connectivity index (χ3n) is 8.16. The molecule has 0 spiro atoms. The number of carbonyl (C=O) groups is 5. The Kier molecular flexibility index (Phi) is 12.3. The van der Waals surface area contributed by atoms with Crippen molar-refractivity contribution in [3.05, 3.63) is 35.9 Å². The molecule has 1 aliphatic carbocycles. The van der Waals surface area contributed by atoms with Gasteiger partial charge in [-0.1, -0.05) is 69.4 Å². The van der Waals surface area contributed by atoms with Crippen molar-refractivity contribution in [3.63, 3.8) is 0 Å². The highest BCUT2D eigenvalue weighted by Gasteiger charge is 2.43. The molecule has 2 aliphatic rings. The molecule has 2 atom stereocenters. The summed E-state index contributed by atoms with van der Waals surface area (Å²) in [4.78, 5) is 67.8. The number of morpholine rings is 1. The first-order valence-corrected chi connectivity index (χ1v) is 14.7. The van der Waals surface area contributed by atoms with Gasteiger partial charge in [0, 0.05) is 31.8 Å². The zero-order valence-electron chi connectivity index (χ0n) is 24.0. The second kappa shape index (κ2) is 15.6. The van der Waals surface area contributed by atoms with E-state index in [2.05, 4.69) is 5.32 Å². The Morgan fingerprint density at radius 3 is 2.27 bits per heavy atom. The zero-order valence-corrected chi connectivity index (χ0v) is 24.0. The predicted molar refractivity (Wildman–Crippen MR) is 150 cm³/mol. The Bertz CT molecular complexity index is 1010. The third kappa shape index (κ3) is 8.71. The molecule has 2 fully saturated rings. The van der Waals surface area contributed by atoms with Crippen LogP contribution < -0.4 is 5.32 Å². The molecule has 2 amide bonds. The Hall–Kier alpha value is -3.07. The van der Waals surface area contributed by atoms with Gasteiger partial charge >= 0.3 is 12.0 Å². The van der Waals surface area contributed by atoms with Gasteiger partial charge in [-0.05, 0) is 31.2 Å². The van der Waals surface area contributed by atoms with Crippen molar-refractivity contribution in [2.24, 2.45) is 11.8 Å². The molecule has 0 aromatic heterocycles. The predicted octanol–water partition coefficient (Wildman–Crippen LogP) is 4.06. The summed E-state index contributed by atoms with van der Waals surface area (Å²) in [6.45, 7) is 3.84. The Labute approximate surface area is 237 Å². The normalized spacial score (nSPS) is 18.3. The number of hydrogen-bond acceptors (Lipinski definition) is 7. The van der Waals surface area contributed by atoms with Crippen LogP contribution in [0, 0.1) is 11.8 Å². The second-order valence-electron chi connectivity index (χ2n) is 11.0. The first-order chi connectivity index (χ1) is 19.3. The number of benzene rings is 1. The van der Waals surface area contributed by atoms with Crippen LogP contribution in [0.4, 0.5) is 4.79 Å². The number of ether oxygens (including phenoxy) is 2. The van der Waals surface area contributed by atoms with Crippen molar-refractivity contribution < 1.29 is 33.4 Å². The van der Waals surface area contributed by atoms with Crippen molar-refractivity contribution in [2.45, 2.75) is 83.1 Å². The van der Waals surface area contributed by atoms with Gasteiger partial charge < -0.3 is 19.7 Å². The number of methoxy groups -OCH3 is 1. The number of esters is 1. The number of nitrogens with zero attached hydrogens (tertiary/aromatic N) is 1. The average Bonchev–Trinajstić information content (AvgIpc) is 2.99. The van der Waals surface area contributed by atoms with Crippen LogP contribution in [0.1, 0.15) is 76.7 Å². The molecule has 9 heteroatoms. The first kappa shape index (κ1) is 31.5. The molecule has 1 saturated heterocycles. The molecule has 220 valence electrons. The second-order valence-corrected chi connectivity index (χ2v) is 11.0. The zero-order chi connectivity index (χ0) is 29.0. The lowest BCUT2D eigenvalue weighted by Crippen LogP contribution is -2.60. The highest BCUT2D eigenvalue weighted by atomic mass is 16.5. The van der Waals surface area contributed by atoms with Gasteiger partial charge in [0.05, 0.1) is 26.2 Å². The number of urea groups is 1. The fraction of sp³-hybridized carbons (Fsp3) is 0.645. The number of carbonyl (C=O) groups excluding carboxylic acids is 5. The van der Waals surface area contributed by atoms with E-state index in [1.807, 2.05) is 37.3 Å². The number of nitrogens with one attached hydrogen (secondary N) is 1. The summed E-state index contributed by atoms with van der Waals surface area (Å²) in [5.41, 5.74) is -0.172. The quantitative estimate of drug-likeness (QED) is 0.271. The van der Waals surface area contributed by atoms with Crippen molar-refractivity contribution >= 4 is 29.4 Å². The van der Waals surface area contributed by atoms with E-state index in [9.17, 15) is 24.0 Å². The number of amides is 2. The lowest BCUT2D eigenvalue weighted by Gasteiger charge is -2.39. The van der Waals surface area contributed by atoms with Crippen molar-refractivity contribution in [1.82, 2.24) is 10.2 Å². The minimum Gasteiger partial charge on any atom is -0.469 e. The van der Waals surface area contributed by atoms with Gasteiger partial charge in [-0.2, -0.15) is 0 Å². The molecule has 0 bridgehead atoms. The first-order valence-electron chi connectivity index (χ1n) is 14.7. The Balaban J connectivity index is 1.73. The maximum Gasteiger partial charge on any atom is 0.318 e. The Morgan fingerprint density at radius 2 is 1.65 bits per heavy atom. The van der Waals surface area contributed by atoms with Gasteiger partial charge in [0.2, 0.25) is 5.78 Å². The largest absolute Gasteiger partial charge is 0.469 e. The number of Topliss-reactive ketones (excluding diaryl/α,β-unsaturated/α-hetero) is 3. The van der Waals surface area contributed by atoms with Crippen molar-refractivity contribution in [1.29, 1.82) is 0 Å². The molecule has 1 aliphatic heterocycles. The number of rotatable bonds is 14. The van der Waals surface area contributed by atoms with Crippen LogP contribution in [0.25, 0.3) is 0 Å². The van der Waals surface area contributed by atoms with E-state index in [0.29, 0.717) is 52.0 Å². The molecular formula is C31H44N2O7. The fourth-order valence-corrected chi connectivity index (χ4v) is 5.73. The van der Waals surface area contributed by atoms with Gasteiger partial charge in [-0.15, -0.1) is 0 Å². The van der Waals surface area contributed by atoms with Crippen LogP contribution >= 0.6 is 0 Å². The fourth-order valence-electron chi connectivity index (χ4n) is 5.73. The van der Waals surface area contributed by atoms with E-state index in [0.717, 1.165) is 31.2 Å². The summed E-state index contributed by atoms with van der Waals surface area (Å²) in [7, 11) is 1.27. The molecule has 9 nitrogen and oxygen atoms in total. The Morgan fingerprint density at radius 1 is 0.975 bits per heavy atom. The molecule has 3 rings (SSSR count). The van der Waals surface area contributed by atoms with Gasteiger partial charge in [0.1, 0.15) is 5.54 Å². The molecule has 0 unspecified atom stereocenters. The van der Waals surface area contributed by atoms with E-state index in [4.69, 9.17) is 9.47 Å². The van der Waals surface area contributed by atoms with Crippen LogP contribution in [-0.2, 0) is 35.1 Å². The van der Waals surface area contributed by atoms with E-state index >= 15 is 0 Å². The maximum absolute atomic E-state index is 13.9. The number of ketones is 3. The molecule has 1 aromatic rings. The van der Waals surface area contributed by atoms with Gasteiger partial charge in [-0.25, -0.2) is 4.79 Å². The minimum atomic E-state index is -1.04. The minimum absolute atomic E-state index is 0.102. The van der Waals surface area contributed by atoms with Crippen LogP contribution in [-0.4, -0.2) is 73.2 Å². The van der Waals surface area contributed by atoms with E-state index < -0.39 is 34.9 Å². The summed E-state index contributed by atoms with van der Waals surface area (Å²) < 4.78 is 10.3. The molecule has 1 aromatic carbocycles. The van der Waals surface area contributed by atoms with Crippen LogP contribution in [0.2, 0.25) is 0 Å². The molecule has 1 heterocycles. The smallest absolute Gasteiger partial charge is 0.318 e. The SMILES string of the molecule is CCCC[C@H](CC(=O)C1(NC(=O)N2CCOCC2)CCCCC1)C(=O)C(=O)C[C@@H](Cc1ccccc1)C(=O)OC. The van der Waals surface area contributed by atoms with Gasteiger partial charge in [0.15, 0.2) is 11.6 Å². The topological polar surface area (TPSA) is 119 Å². The monoisotopic (exact) mass is 556 g/mol. The maximum atomic E-state index is 13.9. The van der Waals surface area contributed by atoms with E-state index in [-0.39, 0.29) is 31.1 Å². The lowest BCUT2D eigenvalue weighted by molar-refractivity contribution is -0.149. The molecule has 1 saturated carbocycles. The molecular weight excluding hydrogens is 512 g/mol. The summed E-state index contributed by atoms with van der Waals surface area (Å²) in [6.07, 6.45) is 5.45. The summed E-state index contributed by atoms with van der Waals surface area (Å²) in [5.74, 6) is -3.58. The lowest BCUT2D eigenvalue weighted by atomic mass is 9.74. The van der Waals surface area contributed by atoms with Crippen molar-refractivity contribution in [3.8, 4) is 0 Å². The van der Waals surface area contributed by atoms with Crippen molar-refractivity contribution in [2.75, 3.05) is 33.4 Å². The summed E-state index contributed by atoms with van der Waals surface area (Å²) in [5, 5.41) is 3.04. The van der Waals surface area contributed by atoms with E-state index in [1.165, 1.54) is 7.11 Å². The van der Waals surface area contributed by atoms with Crippen LogP contribution in [0.5, 0.6) is 0 Å². The number of hydrogen-bond donors (Lipinski definition) is 1. The van der Waals surface area contributed by atoms with E-state index in [1.54, 1.807) is 4.90 Å². The van der Waals surface area contributed by atoms with Gasteiger partial charge in [-0.3, -0.25) is 19.2 Å². The molecule has 40 heavy (non-hydrogen) atoms. The highest BCUT2D eigenvalue weighted by Crippen LogP contribution is 2.32. The summed E-state index contributed by atoms with van der Waals surface area (Å²) in [6, 6.07) is 9.00. The standard InChI is InChI=1S/C31H44N2O7/c1-3-4-13-24(28(36)26(34)21-25(29(37)39-2)20-23-11-7-5-8-12-23)22-27(35)31(14-9-6-10-15-31)32-30(38)33-16-18-40-19-17-33/h5,7-8,11-12,24-25H,3-4,6,9-10,13-22H2,1-2H3,(H,32,38)/t24-,25-/m1/s1. The molecule has 1 N–H and O–H groups in total. The van der Waals surface area contributed by atoms with Gasteiger partial charge in [0.25, 0.3) is 0 Å².